The number of oxazole rings is 1. The molecule has 0 aliphatic heterocycles. The minimum Gasteiger partial charge on any atom is -0.440 e. The molecule has 1 saturated carbocycles. The number of carbonyl (C=O) groups is 1. The summed E-state index contributed by atoms with van der Waals surface area (Å²) in [6, 6.07) is 5.51. The maximum Gasteiger partial charge on any atom is 0.244 e. The highest BCUT2D eigenvalue weighted by atomic mass is 35.5. The largest absolute Gasteiger partial charge is 0.440 e. The molecule has 0 saturated heterocycles. The van der Waals surface area contributed by atoms with E-state index in [2.05, 4.69) is 10.3 Å². The molecule has 1 unspecified atom stereocenters. The molecule has 1 fully saturated rings. The molecule has 0 spiro atoms. The van der Waals surface area contributed by atoms with E-state index in [0.29, 0.717) is 18.0 Å². The lowest BCUT2D eigenvalue weighted by molar-refractivity contribution is -0.120. The third kappa shape index (κ3) is 3.42. The van der Waals surface area contributed by atoms with Gasteiger partial charge in [-0.1, -0.05) is 13.3 Å². The van der Waals surface area contributed by atoms with Crippen LogP contribution in [0.3, 0.4) is 0 Å². The minimum absolute atomic E-state index is 0. The Hall–Kier alpha value is -1.59. The molecular weight excluding hydrogens is 302 g/mol. The van der Waals surface area contributed by atoms with E-state index in [4.69, 9.17) is 10.2 Å². The molecule has 1 aliphatic carbocycles. The molecule has 2 aromatic rings. The number of nitrogens with one attached hydrogen (secondary N) is 1. The standard InChI is InChI=1S/C16H21N3O2.ClH/c1-3-8-16(2,17)15(20)18-11-6-7-13-12(9-11)19-14(21-13)10-4-5-10;/h6-7,9-10H,3-5,8,17H2,1-2H3,(H,18,20);1H. The summed E-state index contributed by atoms with van der Waals surface area (Å²) in [7, 11) is 0. The van der Waals surface area contributed by atoms with Crippen LogP contribution in [0.2, 0.25) is 0 Å². The van der Waals surface area contributed by atoms with Gasteiger partial charge in [-0.2, -0.15) is 0 Å². The monoisotopic (exact) mass is 323 g/mol. The van der Waals surface area contributed by atoms with Crippen LogP contribution in [0.5, 0.6) is 0 Å². The summed E-state index contributed by atoms with van der Waals surface area (Å²) >= 11 is 0. The predicted octanol–water partition coefficient (Wildman–Crippen LogP) is 3.58. The number of fused-ring (bicyclic) bond motifs is 1. The predicted molar refractivity (Wildman–Crippen MR) is 89.4 cm³/mol. The van der Waals surface area contributed by atoms with Gasteiger partial charge < -0.3 is 15.5 Å². The van der Waals surface area contributed by atoms with Crippen LogP contribution in [0.4, 0.5) is 5.69 Å². The minimum atomic E-state index is -0.854. The number of hydrogen-bond acceptors (Lipinski definition) is 4. The number of nitrogens with two attached hydrogens (primary N) is 1. The lowest BCUT2D eigenvalue weighted by Gasteiger charge is -2.22. The van der Waals surface area contributed by atoms with Gasteiger partial charge in [-0.05, 0) is 44.4 Å². The van der Waals surface area contributed by atoms with Gasteiger partial charge in [-0.3, -0.25) is 4.79 Å². The van der Waals surface area contributed by atoms with E-state index in [1.807, 2.05) is 25.1 Å². The van der Waals surface area contributed by atoms with E-state index in [0.717, 1.165) is 36.3 Å². The molecule has 3 rings (SSSR count). The van der Waals surface area contributed by atoms with E-state index in [1.54, 1.807) is 6.92 Å². The molecule has 0 bridgehead atoms. The van der Waals surface area contributed by atoms with Crippen LogP contribution in [0.15, 0.2) is 22.6 Å². The van der Waals surface area contributed by atoms with Gasteiger partial charge in [0.15, 0.2) is 11.5 Å². The Labute approximate surface area is 136 Å². The van der Waals surface area contributed by atoms with Crippen molar-refractivity contribution in [1.82, 2.24) is 4.98 Å². The van der Waals surface area contributed by atoms with Crippen molar-refractivity contribution in [3.05, 3.63) is 24.1 Å². The summed E-state index contributed by atoms with van der Waals surface area (Å²) < 4.78 is 5.71. The van der Waals surface area contributed by atoms with Crippen molar-refractivity contribution in [3.8, 4) is 0 Å². The van der Waals surface area contributed by atoms with Crippen LogP contribution in [-0.2, 0) is 4.79 Å². The van der Waals surface area contributed by atoms with Crippen LogP contribution < -0.4 is 11.1 Å². The first-order valence-corrected chi connectivity index (χ1v) is 7.50. The van der Waals surface area contributed by atoms with Crippen molar-refractivity contribution in [2.24, 2.45) is 5.73 Å². The van der Waals surface area contributed by atoms with Crippen molar-refractivity contribution in [1.29, 1.82) is 0 Å². The third-order valence-electron chi connectivity index (χ3n) is 3.88. The normalized spacial score (nSPS) is 16.9. The highest BCUT2D eigenvalue weighted by Crippen LogP contribution is 2.40. The molecule has 6 heteroatoms. The van der Waals surface area contributed by atoms with Gasteiger partial charge in [0.05, 0.1) is 5.54 Å². The average molecular weight is 324 g/mol. The fourth-order valence-corrected chi connectivity index (χ4v) is 2.43. The van der Waals surface area contributed by atoms with Gasteiger partial charge >= 0.3 is 0 Å². The van der Waals surface area contributed by atoms with Crippen molar-refractivity contribution < 1.29 is 9.21 Å². The second-order valence-electron chi connectivity index (χ2n) is 6.13. The average Bonchev–Trinajstić information content (AvgIpc) is 3.19. The lowest BCUT2D eigenvalue weighted by atomic mass is 9.96. The molecule has 1 aromatic heterocycles. The quantitative estimate of drug-likeness (QED) is 0.881. The van der Waals surface area contributed by atoms with Gasteiger partial charge in [0.25, 0.3) is 0 Å². The smallest absolute Gasteiger partial charge is 0.244 e. The third-order valence-corrected chi connectivity index (χ3v) is 3.88. The van der Waals surface area contributed by atoms with Crippen LogP contribution in [-0.4, -0.2) is 16.4 Å². The van der Waals surface area contributed by atoms with Crippen LogP contribution in [0.1, 0.15) is 51.3 Å². The Morgan fingerprint density at radius 3 is 2.86 bits per heavy atom. The van der Waals surface area contributed by atoms with Gasteiger partial charge in [0.1, 0.15) is 5.52 Å². The Bertz CT molecular complexity index is 677. The second-order valence-corrected chi connectivity index (χ2v) is 6.13. The van der Waals surface area contributed by atoms with Crippen LogP contribution in [0, 0.1) is 0 Å². The number of aromatic nitrogens is 1. The van der Waals surface area contributed by atoms with Crippen molar-refractivity contribution in [2.75, 3.05) is 5.32 Å². The maximum absolute atomic E-state index is 12.2. The zero-order chi connectivity index (χ0) is 15.0. The Morgan fingerprint density at radius 2 is 2.23 bits per heavy atom. The zero-order valence-electron chi connectivity index (χ0n) is 12.9. The van der Waals surface area contributed by atoms with Crippen LogP contribution >= 0.6 is 12.4 Å². The lowest BCUT2D eigenvalue weighted by Crippen LogP contribution is -2.48. The maximum atomic E-state index is 12.2. The fraction of sp³-hybridized carbons (Fsp3) is 0.500. The number of carbonyl (C=O) groups excluding carboxylic acids is 1. The van der Waals surface area contributed by atoms with Gasteiger partial charge in [-0.15, -0.1) is 12.4 Å². The summed E-state index contributed by atoms with van der Waals surface area (Å²) in [4.78, 5) is 16.7. The Balaban J connectivity index is 0.00000176. The summed E-state index contributed by atoms with van der Waals surface area (Å²) in [6.45, 7) is 3.77. The number of hydrogen-bond donors (Lipinski definition) is 2. The number of rotatable bonds is 5. The molecule has 3 N–H and O–H groups in total. The van der Waals surface area contributed by atoms with Gasteiger partial charge in [0.2, 0.25) is 5.91 Å². The summed E-state index contributed by atoms with van der Waals surface area (Å²) in [5.41, 5.74) is 7.43. The van der Waals surface area contributed by atoms with Crippen LogP contribution in [0.25, 0.3) is 11.1 Å². The van der Waals surface area contributed by atoms with E-state index >= 15 is 0 Å². The molecule has 1 atom stereocenters. The zero-order valence-corrected chi connectivity index (χ0v) is 13.7. The van der Waals surface area contributed by atoms with Crippen molar-refractivity contribution in [2.45, 2.75) is 51.0 Å². The highest BCUT2D eigenvalue weighted by molar-refractivity contribution is 5.98. The summed E-state index contributed by atoms with van der Waals surface area (Å²) in [6.07, 6.45) is 3.82. The van der Waals surface area contributed by atoms with E-state index in [-0.39, 0.29) is 18.3 Å². The molecule has 1 aliphatic rings. The van der Waals surface area contributed by atoms with Crippen molar-refractivity contribution >= 4 is 35.1 Å². The van der Waals surface area contributed by atoms with Gasteiger partial charge in [-0.25, -0.2) is 4.98 Å². The van der Waals surface area contributed by atoms with Crippen molar-refractivity contribution in [3.63, 3.8) is 0 Å². The molecule has 5 nitrogen and oxygen atoms in total. The molecular formula is C16H22ClN3O2. The topological polar surface area (TPSA) is 81.2 Å². The SMILES string of the molecule is CCCC(C)(N)C(=O)Nc1ccc2oc(C3CC3)nc2c1.Cl. The highest BCUT2D eigenvalue weighted by Gasteiger charge is 2.29. The molecule has 120 valence electrons. The summed E-state index contributed by atoms with van der Waals surface area (Å²) in [5, 5.41) is 2.87. The van der Waals surface area contributed by atoms with E-state index < -0.39 is 5.54 Å². The number of anilines is 1. The van der Waals surface area contributed by atoms with E-state index in [9.17, 15) is 4.79 Å². The number of nitrogens with zero attached hydrogens (tertiary/aromatic N) is 1. The molecule has 1 heterocycles. The Morgan fingerprint density at radius 1 is 1.50 bits per heavy atom. The molecule has 22 heavy (non-hydrogen) atoms. The number of benzene rings is 1. The molecule has 1 amide bonds. The Kier molecular flexibility index (Phi) is 4.78. The first-order chi connectivity index (χ1) is 9.99. The summed E-state index contributed by atoms with van der Waals surface area (Å²) in [5.74, 6) is 1.12. The van der Waals surface area contributed by atoms with E-state index in [1.165, 1.54) is 0 Å². The number of halogens is 1. The van der Waals surface area contributed by atoms with Gasteiger partial charge in [0, 0.05) is 11.6 Å². The number of amides is 1. The second kappa shape index (κ2) is 6.26. The fourth-order valence-electron chi connectivity index (χ4n) is 2.43. The molecule has 0 radical (unpaired) electrons. The molecule has 1 aromatic carbocycles. The first kappa shape index (κ1) is 16.8. The first-order valence-electron chi connectivity index (χ1n) is 7.50.